The van der Waals surface area contributed by atoms with Crippen molar-refractivity contribution in [3.8, 4) is 0 Å². The Balaban J connectivity index is 2.18. The summed E-state index contributed by atoms with van der Waals surface area (Å²) in [5.41, 5.74) is 1.80. The standard InChI is InChI=1S/C14H18N2OS/c1-14(2,3)12(17)9-18-13-15-10-7-5-6-8-11(10)16(13)4/h5-8H,9H2,1-4H3. The van der Waals surface area contributed by atoms with Crippen molar-refractivity contribution < 1.29 is 4.79 Å². The van der Waals surface area contributed by atoms with E-state index in [2.05, 4.69) is 4.98 Å². The van der Waals surface area contributed by atoms with Crippen LogP contribution in [0.2, 0.25) is 0 Å². The molecule has 0 atom stereocenters. The lowest BCUT2D eigenvalue weighted by atomic mass is 9.92. The van der Waals surface area contributed by atoms with E-state index in [1.165, 1.54) is 11.8 Å². The molecular formula is C14H18N2OS. The first-order valence-corrected chi connectivity index (χ1v) is 6.96. The van der Waals surface area contributed by atoms with E-state index in [0.29, 0.717) is 5.75 Å². The summed E-state index contributed by atoms with van der Waals surface area (Å²) < 4.78 is 2.04. The molecule has 0 saturated heterocycles. The second-order valence-electron chi connectivity index (χ2n) is 5.40. The van der Waals surface area contributed by atoms with Gasteiger partial charge in [-0.1, -0.05) is 44.7 Å². The van der Waals surface area contributed by atoms with Crippen LogP contribution in [0.25, 0.3) is 11.0 Å². The number of Topliss-reactive ketones (excluding diaryl/α,β-unsaturated/α-hetero) is 1. The van der Waals surface area contributed by atoms with Gasteiger partial charge in [0.1, 0.15) is 5.78 Å². The van der Waals surface area contributed by atoms with Gasteiger partial charge >= 0.3 is 0 Å². The van der Waals surface area contributed by atoms with Gasteiger partial charge in [-0.25, -0.2) is 4.98 Å². The third kappa shape index (κ3) is 2.58. The van der Waals surface area contributed by atoms with E-state index in [1.807, 2.05) is 56.7 Å². The number of carbonyl (C=O) groups excluding carboxylic acids is 1. The summed E-state index contributed by atoms with van der Waals surface area (Å²) in [4.78, 5) is 16.4. The maximum absolute atomic E-state index is 11.9. The second kappa shape index (κ2) is 4.76. The van der Waals surface area contributed by atoms with Crippen molar-refractivity contribution in [1.29, 1.82) is 0 Å². The monoisotopic (exact) mass is 262 g/mol. The van der Waals surface area contributed by atoms with Gasteiger partial charge in [0.15, 0.2) is 5.16 Å². The van der Waals surface area contributed by atoms with Crippen LogP contribution >= 0.6 is 11.8 Å². The first-order valence-electron chi connectivity index (χ1n) is 5.97. The molecule has 2 aromatic rings. The van der Waals surface area contributed by atoms with Crippen LogP contribution in [0.15, 0.2) is 29.4 Å². The Morgan fingerprint density at radius 1 is 1.33 bits per heavy atom. The van der Waals surface area contributed by atoms with Crippen LogP contribution in [0.5, 0.6) is 0 Å². The topological polar surface area (TPSA) is 34.9 Å². The molecule has 1 aromatic heterocycles. The van der Waals surface area contributed by atoms with Gasteiger partial charge in [0.05, 0.1) is 16.8 Å². The summed E-state index contributed by atoms with van der Waals surface area (Å²) in [6, 6.07) is 8.01. The molecule has 4 heteroatoms. The third-order valence-electron chi connectivity index (χ3n) is 2.91. The number of imidazole rings is 1. The number of aryl methyl sites for hydroxylation is 1. The van der Waals surface area contributed by atoms with E-state index in [1.54, 1.807) is 0 Å². The maximum atomic E-state index is 11.9. The number of hydrogen-bond acceptors (Lipinski definition) is 3. The van der Waals surface area contributed by atoms with Gasteiger partial charge in [-0.15, -0.1) is 0 Å². The Morgan fingerprint density at radius 2 is 2.00 bits per heavy atom. The molecule has 3 nitrogen and oxygen atoms in total. The number of fused-ring (bicyclic) bond motifs is 1. The van der Waals surface area contributed by atoms with Crippen LogP contribution in [0.1, 0.15) is 20.8 Å². The summed E-state index contributed by atoms with van der Waals surface area (Å²) in [5, 5.41) is 0.897. The average molecular weight is 262 g/mol. The van der Waals surface area contributed by atoms with Crippen LogP contribution in [0.3, 0.4) is 0 Å². The first kappa shape index (κ1) is 13.1. The zero-order valence-electron chi connectivity index (χ0n) is 11.2. The lowest BCUT2D eigenvalue weighted by Crippen LogP contribution is -2.22. The Labute approximate surface area is 112 Å². The molecule has 1 heterocycles. The highest BCUT2D eigenvalue weighted by molar-refractivity contribution is 7.99. The summed E-state index contributed by atoms with van der Waals surface area (Å²) in [5.74, 6) is 0.722. The predicted molar refractivity (Wildman–Crippen MR) is 75.9 cm³/mol. The molecule has 0 aliphatic rings. The van der Waals surface area contributed by atoms with Gasteiger partial charge in [0.25, 0.3) is 0 Å². The minimum absolute atomic E-state index is 0.250. The number of nitrogens with zero attached hydrogens (tertiary/aromatic N) is 2. The van der Waals surface area contributed by atoms with Crippen molar-refractivity contribution in [1.82, 2.24) is 9.55 Å². The van der Waals surface area contributed by atoms with Crippen molar-refractivity contribution in [2.45, 2.75) is 25.9 Å². The van der Waals surface area contributed by atoms with Crippen molar-refractivity contribution in [3.63, 3.8) is 0 Å². The molecule has 0 aliphatic carbocycles. The van der Waals surface area contributed by atoms with Crippen molar-refractivity contribution in [2.24, 2.45) is 12.5 Å². The molecule has 0 bridgehead atoms. The number of aromatic nitrogens is 2. The van der Waals surface area contributed by atoms with Crippen molar-refractivity contribution >= 4 is 28.6 Å². The molecular weight excluding hydrogens is 244 g/mol. The minimum Gasteiger partial charge on any atom is -0.322 e. The first-order chi connectivity index (χ1) is 8.39. The predicted octanol–water partition coefficient (Wildman–Crippen LogP) is 3.28. The van der Waals surface area contributed by atoms with E-state index in [-0.39, 0.29) is 11.2 Å². The van der Waals surface area contributed by atoms with Gasteiger partial charge < -0.3 is 4.57 Å². The zero-order chi connectivity index (χ0) is 13.3. The molecule has 0 fully saturated rings. The lowest BCUT2D eigenvalue weighted by molar-refractivity contribution is -0.123. The fourth-order valence-electron chi connectivity index (χ4n) is 1.60. The Hall–Kier alpha value is -1.29. The molecule has 1 aromatic carbocycles. The zero-order valence-corrected chi connectivity index (χ0v) is 12.0. The summed E-state index contributed by atoms with van der Waals surface area (Å²) >= 11 is 1.51. The number of hydrogen-bond donors (Lipinski definition) is 0. The third-order valence-corrected chi connectivity index (χ3v) is 3.94. The molecule has 18 heavy (non-hydrogen) atoms. The van der Waals surface area contributed by atoms with Crippen LogP contribution in [-0.2, 0) is 11.8 Å². The maximum Gasteiger partial charge on any atom is 0.169 e. The number of rotatable bonds is 3. The molecule has 0 N–H and O–H groups in total. The smallest absolute Gasteiger partial charge is 0.169 e. The second-order valence-corrected chi connectivity index (χ2v) is 6.35. The molecule has 0 saturated carbocycles. The van der Waals surface area contributed by atoms with Gasteiger partial charge in [0.2, 0.25) is 0 Å². The normalized spacial score (nSPS) is 12.0. The number of ketones is 1. The fourth-order valence-corrected chi connectivity index (χ4v) is 2.75. The summed E-state index contributed by atoms with van der Waals surface area (Å²) in [7, 11) is 1.99. The molecule has 0 spiro atoms. The Bertz CT molecular complexity index is 581. The van der Waals surface area contributed by atoms with E-state index in [0.717, 1.165) is 16.2 Å². The summed E-state index contributed by atoms with van der Waals surface area (Å²) in [6.45, 7) is 5.85. The van der Waals surface area contributed by atoms with Gasteiger partial charge in [-0.3, -0.25) is 4.79 Å². The van der Waals surface area contributed by atoms with Crippen molar-refractivity contribution in [3.05, 3.63) is 24.3 Å². The Morgan fingerprint density at radius 3 is 2.61 bits per heavy atom. The molecule has 0 aliphatic heterocycles. The molecule has 96 valence electrons. The molecule has 2 rings (SSSR count). The number of thioether (sulfide) groups is 1. The highest BCUT2D eigenvalue weighted by Crippen LogP contribution is 2.25. The highest BCUT2D eigenvalue weighted by Gasteiger charge is 2.21. The van der Waals surface area contributed by atoms with E-state index in [9.17, 15) is 4.79 Å². The largest absolute Gasteiger partial charge is 0.322 e. The van der Waals surface area contributed by atoms with Crippen LogP contribution in [0, 0.1) is 5.41 Å². The van der Waals surface area contributed by atoms with Gasteiger partial charge in [-0.05, 0) is 12.1 Å². The van der Waals surface area contributed by atoms with E-state index in [4.69, 9.17) is 0 Å². The molecule has 0 radical (unpaired) electrons. The summed E-state index contributed by atoms with van der Waals surface area (Å²) in [6.07, 6.45) is 0. The molecule has 0 amide bonds. The van der Waals surface area contributed by atoms with Crippen LogP contribution in [-0.4, -0.2) is 21.1 Å². The van der Waals surface area contributed by atoms with E-state index >= 15 is 0 Å². The Kier molecular flexibility index (Phi) is 3.48. The number of benzene rings is 1. The van der Waals surface area contributed by atoms with Gasteiger partial charge in [-0.2, -0.15) is 0 Å². The molecule has 0 unspecified atom stereocenters. The average Bonchev–Trinajstić information content (AvgIpc) is 2.63. The number of carbonyl (C=O) groups is 1. The quantitative estimate of drug-likeness (QED) is 0.796. The fraction of sp³-hybridized carbons (Fsp3) is 0.429. The van der Waals surface area contributed by atoms with Crippen LogP contribution < -0.4 is 0 Å². The van der Waals surface area contributed by atoms with E-state index < -0.39 is 0 Å². The van der Waals surface area contributed by atoms with Crippen LogP contribution in [0.4, 0.5) is 0 Å². The SMILES string of the molecule is Cn1c(SCC(=O)C(C)(C)C)nc2ccccc21. The highest BCUT2D eigenvalue weighted by atomic mass is 32.2. The lowest BCUT2D eigenvalue weighted by Gasteiger charge is -2.15. The van der Waals surface area contributed by atoms with Gasteiger partial charge in [0, 0.05) is 12.5 Å². The minimum atomic E-state index is -0.280. The number of para-hydroxylation sites is 2. The van der Waals surface area contributed by atoms with Crippen molar-refractivity contribution in [2.75, 3.05) is 5.75 Å².